The molecule has 2 heteroatoms. The zero-order valence-corrected chi connectivity index (χ0v) is 8.30. The summed E-state index contributed by atoms with van der Waals surface area (Å²) >= 11 is 0. The molecular formula is C10H19NO. The second-order valence-electron chi connectivity index (χ2n) is 4.33. The van der Waals surface area contributed by atoms with Gasteiger partial charge in [0.25, 0.3) is 0 Å². The van der Waals surface area contributed by atoms with Gasteiger partial charge in [0.05, 0.1) is 5.71 Å². The minimum Gasteiger partial charge on any atom is -0.411 e. The Balaban J connectivity index is 2.83. The zero-order chi connectivity index (χ0) is 9.19. The third-order valence-corrected chi connectivity index (χ3v) is 3.41. The summed E-state index contributed by atoms with van der Waals surface area (Å²) in [5, 5.41) is 12.3. The highest BCUT2D eigenvalue weighted by molar-refractivity contribution is 5.90. The van der Waals surface area contributed by atoms with E-state index in [9.17, 15) is 0 Å². The lowest BCUT2D eigenvalue weighted by molar-refractivity contribution is 0.245. The molecule has 2 nitrogen and oxygen atoms in total. The van der Waals surface area contributed by atoms with Gasteiger partial charge in [-0.1, -0.05) is 32.3 Å². The van der Waals surface area contributed by atoms with E-state index >= 15 is 0 Å². The minimum atomic E-state index is 0.146. The molecule has 0 aromatic heterocycles. The Bertz CT molecular complexity index is 186. The van der Waals surface area contributed by atoms with Crippen LogP contribution in [0.2, 0.25) is 0 Å². The quantitative estimate of drug-likeness (QED) is 0.475. The van der Waals surface area contributed by atoms with Crippen molar-refractivity contribution < 1.29 is 5.21 Å². The molecule has 0 saturated heterocycles. The molecule has 1 fully saturated rings. The molecule has 1 saturated carbocycles. The van der Waals surface area contributed by atoms with E-state index in [0.717, 1.165) is 12.1 Å². The average Bonchev–Trinajstić information content (AvgIpc) is 2.05. The van der Waals surface area contributed by atoms with Gasteiger partial charge in [-0.2, -0.15) is 0 Å². The van der Waals surface area contributed by atoms with Crippen LogP contribution in [0.1, 0.15) is 46.5 Å². The van der Waals surface area contributed by atoms with Gasteiger partial charge in [0.15, 0.2) is 0 Å². The van der Waals surface area contributed by atoms with Crippen LogP contribution in [-0.4, -0.2) is 10.9 Å². The van der Waals surface area contributed by atoms with Crippen molar-refractivity contribution in [3.05, 3.63) is 0 Å². The molecule has 1 rings (SSSR count). The molecule has 0 aliphatic heterocycles. The highest BCUT2D eigenvalue weighted by Crippen LogP contribution is 2.39. The predicted molar refractivity (Wildman–Crippen MR) is 50.6 cm³/mol. The number of rotatable bonds is 1. The maximum Gasteiger partial charge on any atom is 0.0632 e. The lowest BCUT2D eigenvalue weighted by Gasteiger charge is -2.37. The zero-order valence-electron chi connectivity index (χ0n) is 8.30. The first-order chi connectivity index (χ1) is 5.61. The summed E-state index contributed by atoms with van der Waals surface area (Å²) < 4.78 is 0. The minimum absolute atomic E-state index is 0.146. The van der Waals surface area contributed by atoms with Crippen molar-refractivity contribution in [1.82, 2.24) is 0 Å². The molecule has 1 atom stereocenters. The second kappa shape index (κ2) is 3.46. The van der Waals surface area contributed by atoms with Crippen LogP contribution in [0.5, 0.6) is 0 Å². The fraction of sp³-hybridized carbons (Fsp3) is 0.900. The molecule has 0 aromatic carbocycles. The first kappa shape index (κ1) is 9.56. The normalized spacial score (nSPS) is 34.5. The van der Waals surface area contributed by atoms with E-state index in [1.54, 1.807) is 0 Å². The molecule has 0 aromatic rings. The van der Waals surface area contributed by atoms with E-state index in [-0.39, 0.29) is 5.41 Å². The van der Waals surface area contributed by atoms with Crippen molar-refractivity contribution in [2.24, 2.45) is 16.5 Å². The van der Waals surface area contributed by atoms with Gasteiger partial charge in [-0.05, 0) is 25.2 Å². The fourth-order valence-electron chi connectivity index (χ4n) is 2.00. The van der Waals surface area contributed by atoms with Crippen molar-refractivity contribution in [1.29, 1.82) is 0 Å². The maximum atomic E-state index is 8.86. The molecule has 0 radical (unpaired) electrons. The smallest absolute Gasteiger partial charge is 0.0632 e. The second-order valence-corrected chi connectivity index (χ2v) is 4.33. The summed E-state index contributed by atoms with van der Waals surface area (Å²) in [6.45, 7) is 6.62. The van der Waals surface area contributed by atoms with Gasteiger partial charge in [0.1, 0.15) is 0 Å². The summed E-state index contributed by atoms with van der Waals surface area (Å²) in [4.78, 5) is 0. The molecule has 12 heavy (non-hydrogen) atoms. The Hall–Kier alpha value is -0.530. The van der Waals surface area contributed by atoms with Gasteiger partial charge in [-0.15, -0.1) is 0 Å². The van der Waals surface area contributed by atoms with E-state index in [4.69, 9.17) is 5.21 Å². The molecule has 1 N–H and O–H groups in total. The van der Waals surface area contributed by atoms with Crippen molar-refractivity contribution >= 4 is 5.71 Å². The molecule has 1 aliphatic rings. The predicted octanol–water partition coefficient (Wildman–Crippen LogP) is 3.05. The van der Waals surface area contributed by atoms with Gasteiger partial charge in [-0.3, -0.25) is 0 Å². The van der Waals surface area contributed by atoms with Crippen LogP contribution >= 0.6 is 0 Å². The van der Waals surface area contributed by atoms with E-state index in [1.165, 1.54) is 19.3 Å². The number of nitrogens with zero attached hydrogens (tertiary/aromatic N) is 1. The van der Waals surface area contributed by atoms with Crippen molar-refractivity contribution in [3.63, 3.8) is 0 Å². The molecule has 0 spiro atoms. The molecule has 1 unspecified atom stereocenters. The topological polar surface area (TPSA) is 32.6 Å². The summed E-state index contributed by atoms with van der Waals surface area (Å²) in [5.74, 6) is 0.573. The third-order valence-electron chi connectivity index (χ3n) is 3.41. The Labute approximate surface area is 74.7 Å². The average molecular weight is 169 g/mol. The van der Waals surface area contributed by atoms with Crippen LogP contribution in [0.3, 0.4) is 0 Å². The number of hydrogen-bond donors (Lipinski definition) is 1. The maximum absolute atomic E-state index is 8.86. The van der Waals surface area contributed by atoms with E-state index in [0.29, 0.717) is 5.92 Å². The highest BCUT2D eigenvalue weighted by Gasteiger charge is 2.36. The van der Waals surface area contributed by atoms with Crippen LogP contribution in [0.15, 0.2) is 5.16 Å². The van der Waals surface area contributed by atoms with Crippen molar-refractivity contribution in [2.75, 3.05) is 0 Å². The summed E-state index contributed by atoms with van der Waals surface area (Å²) in [6, 6.07) is 0. The van der Waals surface area contributed by atoms with Crippen molar-refractivity contribution in [3.8, 4) is 0 Å². The molecular weight excluding hydrogens is 150 g/mol. The lowest BCUT2D eigenvalue weighted by Crippen LogP contribution is -2.36. The Morgan fingerprint density at radius 1 is 1.42 bits per heavy atom. The van der Waals surface area contributed by atoms with E-state index in [2.05, 4.69) is 25.9 Å². The molecule has 1 aliphatic carbocycles. The number of oxime groups is 1. The number of hydrogen-bond acceptors (Lipinski definition) is 2. The van der Waals surface area contributed by atoms with Crippen LogP contribution < -0.4 is 0 Å². The molecule has 0 bridgehead atoms. The van der Waals surface area contributed by atoms with Crippen LogP contribution in [0.25, 0.3) is 0 Å². The molecule has 0 amide bonds. The summed E-state index contributed by atoms with van der Waals surface area (Å²) in [7, 11) is 0. The fourth-order valence-corrected chi connectivity index (χ4v) is 2.00. The van der Waals surface area contributed by atoms with Gasteiger partial charge in [0, 0.05) is 5.41 Å². The highest BCUT2D eigenvalue weighted by atomic mass is 16.4. The van der Waals surface area contributed by atoms with Gasteiger partial charge in [-0.25, -0.2) is 0 Å². The van der Waals surface area contributed by atoms with Crippen LogP contribution in [0, 0.1) is 11.3 Å². The van der Waals surface area contributed by atoms with Gasteiger partial charge < -0.3 is 5.21 Å². The molecule has 70 valence electrons. The van der Waals surface area contributed by atoms with E-state index < -0.39 is 0 Å². The first-order valence-corrected chi connectivity index (χ1v) is 4.82. The largest absolute Gasteiger partial charge is 0.411 e. The van der Waals surface area contributed by atoms with Crippen LogP contribution in [-0.2, 0) is 0 Å². The third kappa shape index (κ3) is 1.47. The van der Waals surface area contributed by atoms with Gasteiger partial charge >= 0.3 is 0 Å². The standard InChI is InChI=1S/C10H19NO/c1-8(2)10(3)7-5-4-6-9(10)11-12/h8,12H,4-7H2,1-3H3. The SMILES string of the molecule is CC(C)C1(C)CCCCC1=NO. The van der Waals surface area contributed by atoms with Crippen LogP contribution in [0.4, 0.5) is 0 Å². The summed E-state index contributed by atoms with van der Waals surface area (Å²) in [5.41, 5.74) is 1.15. The molecule has 0 heterocycles. The lowest BCUT2D eigenvalue weighted by atomic mass is 9.67. The summed E-state index contributed by atoms with van der Waals surface area (Å²) in [6.07, 6.45) is 4.60. The Morgan fingerprint density at radius 3 is 2.50 bits per heavy atom. The van der Waals surface area contributed by atoms with Gasteiger partial charge in [0.2, 0.25) is 0 Å². The van der Waals surface area contributed by atoms with Crippen molar-refractivity contribution in [2.45, 2.75) is 46.5 Å². The monoisotopic (exact) mass is 169 g/mol. The van der Waals surface area contributed by atoms with E-state index in [1.807, 2.05) is 0 Å². The Morgan fingerprint density at radius 2 is 2.08 bits per heavy atom. The first-order valence-electron chi connectivity index (χ1n) is 4.82. The Kier molecular flexibility index (Phi) is 2.76.